The molecule has 1 saturated heterocycles. The highest BCUT2D eigenvalue weighted by Gasteiger charge is 2.27. The number of hydrogen-bond donors (Lipinski definition) is 2. The van der Waals surface area contributed by atoms with Crippen molar-refractivity contribution < 1.29 is 14.3 Å². The molecule has 0 unspecified atom stereocenters. The molecule has 3 N–H and O–H groups in total. The number of rotatable bonds is 5. The summed E-state index contributed by atoms with van der Waals surface area (Å²) in [6.45, 7) is 3.34. The largest absolute Gasteiger partial charge is 0.373 e. The van der Waals surface area contributed by atoms with Crippen LogP contribution in [0.4, 0.5) is 0 Å². The molecule has 2 atom stereocenters. The summed E-state index contributed by atoms with van der Waals surface area (Å²) in [6.07, 6.45) is 0.346. The fraction of sp³-hybridized carbons (Fsp3) is 0.500. The molecule has 1 fully saturated rings. The van der Waals surface area contributed by atoms with Gasteiger partial charge in [0.25, 0.3) is 0 Å². The van der Waals surface area contributed by atoms with Crippen molar-refractivity contribution in [2.75, 3.05) is 26.2 Å². The van der Waals surface area contributed by atoms with Gasteiger partial charge in [-0.25, -0.2) is 0 Å². The maximum absolute atomic E-state index is 12.4. The van der Waals surface area contributed by atoms with Crippen molar-refractivity contribution in [3.63, 3.8) is 0 Å². The molecular formula is C16H23N3O3. The number of carbonyl (C=O) groups is 2. The van der Waals surface area contributed by atoms with Gasteiger partial charge in [-0.1, -0.05) is 30.3 Å². The second-order valence-electron chi connectivity index (χ2n) is 5.51. The Labute approximate surface area is 130 Å². The van der Waals surface area contributed by atoms with E-state index >= 15 is 0 Å². The van der Waals surface area contributed by atoms with E-state index in [2.05, 4.69) is 5.32 Å². The Morgan fingerprint density at radius 2 is 2.14 bits per heavy atom. The first kappa shape index (κ1) is 16.5. The number of benzene rings is 1. The highest BCUT2D eigenvalue weighted by Crippen LogP contribution is 2.09. The van der Waals surface area contributed by atoms with Crippen LogP contribution in [0.5, 0.6) is 0 Å². The van der Waals surface area contributed by atoms with Gasteiger partial charge in [0.05, 0.1) is 18.8 Å². The number of carbonyl (C=O) groups excluding carboxylic acids is 2. The first-order valence-corrected chi connectivity index (χ1v) is 7.50. The van der Waals surface area contributed by atoms with E-state index in [4.69, 9.17) is 10.5 Å². The molecule has 120 valence electrons. The number of ether oxygens (including phenoxy) is 1. The Morgan fingerprint density at radius 3 is 2.82 bits per heavy atom. The molecule has 0 bridgehead atoms. The minimum absolute atomic E-state index is 0.0695. The number of amides is 2. The molecule has 0 aliphatic carbocycles. The summed E-state index contributed by atoms with van der Waals surface area (Å²) < 4.78 is 5.56. The highest BCUT2D eigenvalue weighted by molar-refractivity contribution is 5.82. The lowest BCUT2D eigenvalue weighted by atomic mass is 10.1. The first-order chi connectivity index (χ1) is 10.6. The third kappa shape index (κ3) is 4.82. The monoisotopic (exact) mass is 305 g/mol. The SMILES string of the molecule is CC(=O)NC[C@@H]1CN(C(=O)[C@@H](N)Cc2ccccc2)CCO1. The Hall–Kier alpha value is -1.92. The summed E-state index contributed by atoms with van der Waals surface area (Å²) in [5.41, 5.74) is 7.09. The number of nitrogens with two attached hydrogens (primary N) is 1. The van der Waals surface area contributed by atoms with Crippen LogP contribution in [0.1, 0.15) is 12.5 Å². The molecule has 1 aliphatic heterocycles. The Bertz CT molecular complexity index is 507. The third-order valence-corrected chi connectivity index (χ3v) is 3.64. The second-order valence-corrected chi connectivity index (χ2v) is 5.51. The number of hydrogen-bond acceptors (Lipinski definition) is 4. The number of nitrogens with one attached hydrogen (secondary N) is 1. The fourth-order valence-corrected chi connectivity index (χ4v) is 2.49. The summed E-state index contributed by atoms with van der Waals surface area (Å²) in [7, 11) is 0. The van der Waals surface area contributed by atoms with Crippen LogP contribution in [0.25, 0.3) is 0 Å². The molecule has 1 aliphatic rings. The van der Waals surface area contributed by atoms with Crippen molar-refractivity contribution in [1.82, 2.24) is 10.2 Å². The van der Waals surface area contributed by atoms with Crippen molar-refractivity contribution in [1.29, 1.82) is 0 Å². The predicted octanol–water partition coefficient (Wildman–Crippen LogP) is -0.0801. The molecule has 0 spiro atoms. The van der Waals surface area contributed by atoms with Crippen LogP contribution < -0.4 is 11.1 Å². The highest BCUT2D eigenvalue weighted by atomic mass is 16.5. The zero-order chi connectivity index (χ0) is 15.9. The van der Waals surface area contributed by atoms with Crippen molar-refractivity contribution in [2.45, 2.75) is 25.5 Å². The van der Waals surface area contributed by atoms with Crippen LogP contribution in [0, 0.1) is 0 Å². The van der Waals surface area contributed by atoms with Crippen molar-refractivity contribution in [3.8, 4) is 0 Å². The lowest BCUT2D eigenvalue weighted by Crippen LogP contribution is -2.54. The molecule has 0 saturated carbocycles. The first-order valence-electron chi connectivity index (χ1n) is 7.50. The van der Waals surface area contributed by atoms with E-state index in [1.54, 1.807) is 4.90 Å². The Morgan fingerprint density at radius 1 is 1.41 bits per heavy atom. The van der Waals surface area contributed by atoms with Gasteiger partial charge in [0.1, 0.15) is 0 Å². The van der Waals surface area contributed by atoms with E-state index in [1.165, 1.54) is 6.92 Å². The van der Waals surface area contributed by atoms with Gasteiger partial charge in [0.2, 0.25) is 11.8 Å². The van der Waals surface area contributed by atoms with Gasteiger partial charge in [-0.2, -0.15) is 0 Å². The minimum atomic E-state index is -0.554. The molecular weight excluding hydrogens is 282 g/mol. The van der Waals surface area contributed by atoms with Crippen molar-refractivity contribution in [3.05, 3.63) is 35.9 Å². The van der Waals surface area contributed by atoms with E-state index in [1.807, 2.05) is 30.3 Å². The molecule has 1 aromatic carbocycles. The van der Waals surface area contributed by atoms with Gasteiger partial charge in [0, 0.05) is 26.6 Å². The van der Waals surface area contributed by atoms with Gasteiger partial charge in [0.15, 0.2) is 0 Å². The molecule has 22 heavy (non-hydrogen) atoms. The van der Waals surface area contributed by atoms with Gasteiger partial charge in [-0.15, -0.1) is 0 Å². The second kappa shape index (κ2) is 7.91. The summed E-state index contributed by atoms with van der Waals surface area (Å²) in [4.78, 5) is 25.1. The molecule has 2 rings (SSSR count). The molecule has 1 heterocycles. The van der Waals surface area contributed by atoms with E-state index in [9.17, 15) is 9.59 Å². The quantitative estimate of drug-likeness (QED) is 0.797. The van der Waals surface area contributed by atoms with Crippen LogP contribution >= 0.6 is 0 Å². The normalized spacial score (nSPS) is 19.5. The molecule has 0 radical (unpaired) electrons. The van der Waals surface area contributed by atoms with E-state index in [0.29, 0.717) is 32.7 Å². The van der Waals surface area contributed by atoms with Crippen molar-refractivity contribution in [2.24, 2.45) is 5.73 Å². The third-order valence-electron chi connectivity index (χ3n) is 3.64. The van der Waals surface area contributed by atoms with E-state index in [-0.39, 0.29) is 17.9 Å². The fourth-order valence-electron chi connectivity index (χ4n) is 2.49. The molecule has 6 nitrogen and oxygen atoms in total. The molecule has 1 aromatic rings. The smallest absolute Gasteiger partial charge is 0.239 e. The maximum atomic E-state index is 12.4. The lowest BCUT2D eigenvalue weighted by Gasteiger charge is -2.34. The summed E-state index contributed by atoms with van der Waals surface area (Å²) in [5.74, 6) is -0.173. The van der Waals surface area contributed by atoms with Crippen LogP contribution in [0.2, 0.25) is 0 Å². The topological polar surface area (TPSA) is 84.7 Å². The van der Waals surface area contributed by atoms with Crippen LogP contribution in [-0.4, -0.2) is 55.1 Å². The average Bonchev–Trinajstić information content (AvgIpc) is 2.53. The zero-order valence-electron chi connectivity index (χ0n) is 12.8. The van der Waals surface area contributed by atoms with E-state index in [0.717, 1.165) is 5.56 Å². The summed E-state index contributed by atoms with van der Waals surface area (Å²) in [6, 6.07) is 9.18. The standard InChI is InChI=1S/C16H23N3O3/c1-12(20)18-10-14-11-19(7-8-22-14)16(21)15(17)9-13-5-3-2-4-6-13/h2-6,14-15H,7-11,17H2,1H3,(H,18,20)/t14-,15+/m1/s1. The molecule has 2 amide bonds. The average molecular weight is 305 g/mol. The van der Waals surface area contributed by atoms with Crippen molar-refractivity contribution >= 4 is 11.8 Å². The molecule has 6 heteroatoms. The number of morpholine rings is 1. The van der Waals surface area contributed by atoms with Crippen LogP contribution in [0.3, 0.4) is 0 Å². The van der Waals surface area contributed by atoms with Gasteiger partial charge in [-0.05, 0) is 12.0 Å². The Kier molecular flexibility index (Phi) is 5.91. The minimum Gasteiger partial charge on any atom is -0.373 e. The maximum Gasteiger partial charge on any atom is 0.239 e. The Balaban J connectivity index is 1.86. The lowest BCUT2D eigenvalue weighted by molar-refractivity contribution is -0.140. The molecule has 0 aromatic heterocycles. The van der Waals surface area contributed by atoms with Gasteiger partial charge < -0.3 is 20.7 Å². The van der Waals surface area contributed by atoms with Crippen LogP contribution in [0.15, 0.2) is 30.3 Å². The van der Waals surface area contributed by atoms with Gasteiger partial charge in [-0.3, -0.25) is 9.59 Å². The summed E-state index contributed by atoms with van der Waals surface area (Å²) in [5, 5.41) is 2.71. The summed E-state index contributed by atoms with van der Waals surface area (Å²) >= 11 is 0. The van der Waals surface area contributed by atoms with E-state index < -0.39 is 6.04 Å². The van der Waals surface area contributed by atoms with Gasteiger partial charge >= 0.3 is 0 Å². The predicted molar refractivity (Wildman–Crippen MR) is 83.1 cm³/mol. The number of nitrogens with zero attached hydrogens (tertiary/aromatic N) is 1. The van der Waals surface area contributed by atoms with Crippen LogP contribution in [-0.2, 0) is 20.7 Å². The zero-order valence-corrected chi connectivity index (χ0v) is 12.8.